The zero-order chi connectivity index (χ0) is 13.7. The van der Waals surface area contributed by atoms with E-state index < -0.39 is 0 Å². The molecule has 1 fully saturated rings. The predicted octanol–water partition coefficient (Wildman–Crippen LogP) is 3.56. The maximum Gasteiger partial charge on any atom is 0.193 e. The molecule has 1 saturated carbocycles. The van der Waals surface area contributed by atoms with Crippen LogP contribution in [0.15, 0.2) is 29.3 Å². The van der Waals surface area contributed by atoms with E-state index >= 15 is 0 Å². The molecule has 1 aliphatic carbocycles. The van der Waals surface area contributed by atoms with Gasteiger partial charge in [0.2, 0.25) is 0 Å². The lowest BCUT2D eigenvalue weighted by Crippen LogP contribution is -2.25. The molecule has 19 heavy (non-hydrogen) atoms. The summed E-state index contributed by atoms with van der Waals surface area (Å²) in [6, 6.07) is 8.32. The summed E-state index contributed by atoms with van der Waals surface area (Å²) >= 11 is 0. The highest BCUT2D eigenvalue weighted by atomic mass is 15.1. The molecule has 0 radical (unpaired) electrons. The normalized spacial score (nSPS) is 18.5. The van der Waals surface area contributed by atoms with Crippen molar-refractivity contribution in [2.45, 2.75) is 46.0 Å². The fourth-order valence-electron chi connectivity index (χ4n) is 2.72. The fourth-order valence-corrected chi connectivity index (χ4v) is 2.72. The van der Waals surface area contributed by atoms with Gasteiger partial charge in [0, 0.05) is 12.2 Å². The number of nitrogens with one attached hydrogen (secondary N) is 1. The standard InChI is InChI=1S/C16H25N3/c1-3-13-7-6-8-14(11-13)19-15(17)18-12-16(2)9-4-5-10-16/h6-8,11H,3-5,9-10,12H2,1-2H3,(H3,17,18,19). The van der Waals surface area contributed by atoms with Crippen molar-refractivity contribution in [3.05, 3.63) is 29.8 Å². The van der Waals surface area contributed by atoms with Crippen molar-refractivity contribution in [1.29, 1.82) is 0 Å². The second-order valence-corrected chi connectivity index (χ2v) is 5.90. The molecule has 3 N–H and O–H groups in total. The van der Waals surface area contributed by atoms with E-state index in [1.807, 2.05) is 12.1 Å². The fraction of sp³-hybridized carbons (Fsp3) is 0.562. The number of guanidine groups is 1. The van der Waals surface area contributed by atoms with E-state index in [0.29, 0.717) is 11.4 Å². The first-order chi connectivity index (χ1) is 9.11. The van der Waals surface area contributed by atoms with Crippen LogP contribution >= 0.6 is 0 Å². The monoisotopic (exact) mass is 259 g/mol. The van der Waals surface area contributed by atoms with Crippen molar-refractivity contribution >= 4 is 11.6 Å². The molecule has 0 amide bonds. The summed E-state index contributed by atoms with van der Waals surface area (Å²) in [6.45, 7) is 5.30. The van der Waals surface area contributed by atoms with Gasteiger partial charge in [-0.1, -0.05) is 38.8 Å². The first-order valence-corrected chi connectivity index (χ1v) is 7.27. The lowest BCUT2D eigenvalue weighted by molar-refractivity contribution is 0.351. The quantitative estimate of drug-likeness (QED) is 0.641. The van der Waals surface area contributed by atoms with Crippen molar-refractivity contribution in [3.63, 3.8) is 0 Å². The molecule has 1 aliphatic rings. The van der Waals surface area contributed by atoms with Gasteiger partial charge in [-0.3, -0.25) is 4.99 Å². The van der Waals surface area contributed by atoms with E-state index in [2.05, 4.69) is 36.3 Å². The molecule has 1 aromatic carbocycles. The molecule has 0 saturated heterocycles. The highest BCUT2D eigenvalue weighted by Crippen LogP contribution is 2.37. The van der Waals surface area contributed by atoms with Gasteiger partial charge in [-0.2, -0.15) is 0 Å². The maximum atomic E-state index is 5.97. The highest BCUT2D eigenvalue weighted by Gasteiger charge is 2.28. The van der Waals surface area contributed by atoms with Crippen LogP contribution in [-0.2, 0) is 6.42 Å². The zero-order valence-electron chi connectivity index (χ0n) is 12.1. The topological polar surface area (TPSA) is 50.4 Å². The van der Waals surface area contributed by atoms with Crippen LogP contribution in [0.4, 0.5) is 5.69 Å². The van der Waals surface area contributed by atoms with Crippen LogP contribution in [0.25, 0.3) is 0 Å². The number of nitrogens with two attached hydrogens (primary N) is 1. The Kier molecular flexibility index (Phi) is 4.46. The van der Waals surface area contributed by atoms with Crippen molar-refractivity contribution in [3.8, 4) is 0 Å². The number of rotatable bonds is 4. The Bertz CT molecular complexity index is 445. The van der Waals surface area contributed by atoms with E-state index in [0.717, 1.165) is 18.7 Å². The molecule has 3 heteroatoms. The van der Waals surface area contributed by atoms with Crippen LogP contribution in [0, 0.1) is 5.41 Å². The number of anilines is 1. The number of benzene rings is 1. The SMILES string of the molecule is CCc1cccc(NC(N)=NCC2(C)CCCC2)c1. The van der Waals surface area contributed by atoms with E-state index in [4.69, 9.17) is 5.73 Å². The van der Waals surface area contributed by atoms with Gasteiger partial charge in [0.05, 0.1) is 0 Å². The molecule has 0 aromatic heterocycles. The summed E-state index contributed by atoms with van der Waals surface area (Å²) in [6.07, 6.45) is 6.24. The summed E-state index contributed by atoms with van der Waals surface area (Å²) in [4.78, 5) is 4.51. The van der Waals surface area contributed by atoms with E-state index in [1.165, 1.54) is 31.2 Å². The number of hydrogen-bond acceptors (Lipinski definition) is 1. The first kappa shape index (κ1) is 13.9. The smallest absolute Gasteiger partial charge is 0.193 e. The summed E-state index contributed by atoms with van der Waals surface area (Å²) < 4.78 is 0. The molecule has 0 unspecified atom stereocenters. The minimum atomic E-state index is 0.359. The average molecular weight is 259 g/mol. The Balaban J connectivity index is 1.94. The molecule has 3 nitrogen and oxygen atoms in total. The van der Waals surface area contributed by atoms with Crippen LogP contribution in [0.1, 0.15) is 45.1 Å². The molecule has 0 heterocycles. The van der Waals surface area contributed by atoms with Crippen LogP contribution < -0.4 is 11.1 Å². The van der Waals surface area contributed by atoms with Gasteiger partial charge < -0.3 is 11.1 Å². The summed E-state index contributed by atoms with van der Waals surface area (Å²) in [5.74, 6) is 0.529. The maximum absolute atomic E-state index is 5.97. The summed E-state index contributed by atoms with van der Waals surface area (Å²) in [5.41, 5.74) is 8.66. The summed E-state index contributed by atoms with van der Waals surface area (Å²) in [7, 11) is 0. The minimum absolute atomic E-state index is 0.359. The zero-order valence-corrected chi connectivity index (χ0v) is 12.1. The number of aryl methyl sites for hydroxylation is 1. The second kappa shape index (κ2) is 6.09. The first-order valence-electron chi connectivity index (χ1n) is 7.27. The van der Waals surface area contributed by atoms with Gasteiger partial charge in [-0.25, -0.2) is 0 Å². The third kappa shape index (κ3) is 3.98. The summed E-state index contributed by atoms with van der Waals surface area (Å²) in [5, 5.41) is 3.19. The van der Waals surface area contributed by atoms with Crippen LogP contribution in [0.2, 0.25) is 0 Å². The Morgan fingerprint density at radius 1 is 1.37 bits per heavy atom. The van der Waals surface area contributed by atoms with Crippen LogP contribution in [0.3, 0.4) is 0 Å². The average Bonchev–Trinajstić information content (AvgIpc) is 2.84. The van der Waals surface area contributed by atoms with Gasteiger partial charge in [0.15, 0.2) is 5.96 Å². The third-order valence-electron chi connectivity index (χ3n) is 4.05. The third-order valence-corrected chi connectivity index (χ3v) is 4.05. The van der Waals surface area contributed by atoms with Crippen LogP contribution in [0.5, 0.6) is 0 Å². The lowest BCUT2D eigenvalue weighted by Gasteiger charge is -2.20. The predicted molar refractivity (Wildman–Crippen MR) is 82.5 cm³/mol. The van der Waals surface area contributed by atoms with E-state index in [9.17, 15) is 0 Å². The molecule has 2 rings (SSSR count). The lowest BCUT2D eigenvalue weighted by atomic mass is 9.89. The van der Waals surface area contributed by atoms with Crippen molar-refractivity contribution in [2.75, 3.05) is 11.9 Å². The molecule has 0 spiro atoms. The van der Waals surface area contributed by atoms with Crippen LogP contribution in [-0.4, -0.2) is 12.5 Å². The van der Waals surface area contributed by atoms with Gasteiger partial charge in [0.25, 0.3) is 0 Å². The van der Waals surface area contributed by atoms with Gasteiger partial charge in [-0.05, 0) is 42.4 Å². The molecule has 0 bridgehead atoms. The Morgan fingerprint density at radius 2 is 2.11 bits per heavy atom. The molecular formula is C16H25N3. The molecule has 0 atom stereocenters. The number of hydrogen-bond donors (Lipinski definition) is 2. The van der Waals surface area contributed by atoms with Crippen molar-refractivity contribution < 1.29 is 0 Å². The largest absolute Gasteiger partial charge is 0.370 e. The van der Waals surface area contributed by atoms with Gasteiger partial charge in [-0.15, -0.1) is 0 Å². The number of aliphatic imine (C=N–C) groups is 1. The Labute approximate surface area is 116 Å². The minimum Gasteiger partial charge on any atom is -0.370 e. The van der Waals surface area contributed by atoms with Gasteiger partial charge >= 0.3 is 0 Å². The Morgan fingerprint density at radius 3 is 2.79 bits per heavy atom. The number of nitrogens with zero attached hydrogens (tertiary/aromatic N) is 1. The second-order valence-electron chi connectivity index (χ2n) is 5.90. The molecule has 0 aliphatic heterocycles. The Hall–Kier alpha value is -1.51. The molecule has 104 valence electrons. The van der Waals surface area contributed by atoms with Gasteiger partial charge in [0.1, 0.15) is 0 Å². The molecule has 1 aromatic rings. The van der Waals surface area contributed by atoms with Crippen molar-refractivity contribution in [1.82, 2.24) is 0 Å². The van der Waals surface area contributed by atoms with Crippen molar-refractivity contribution in [2.24, 2.45) is 16.1 Å². The molecular weight excluding hydrogens is 234 g/mol. The van der Waals surface area contributed by atoms with E-state index in [-0.39, 0.29) is 0 Å². The van der Waals surface area contributed by atoms with E-state index in [1.54, 1.807) is 0 Å². The highest BCUT2D eigenvalue weighted by molar-refractivity contribution is 5.92.